The minimum Gasteiger partial charge on any atom is -0.497 e. The van der Waals surface area contributed by atoms with Gasteiger partial charge in [-0.1, -0.05) is 44.2 Å². The standard InChI is InChI=1S/C27H39N3O5S/c1-6-21(3)28-27(32)25(7-2)29(20-22-13-11-16-24(19-22)35-4)26(31)17-12-18-30(36(5,33)34)23-14-9-8-10-15-23/h8-11,13-16,19,21,25H,6-7,12,17-18,20H2,1-5H3,(H,28,32)/t21-,25-/m0/s1. The zero-order valence-electron chi connectivity index (χ0n) is 21.9. The molecule has 2 aromatic rings. The number of amides is 2. The Morgan fingerprint density at radius 1 is 1.03 bits per heavy atom. The number of benzene rings is 2. The van der Waals surface area contributed by atoms with E-state index >= 15 is 0 Å². The lowest BCUT2D eigenvalue weighted by atomic mass is 10.1. The minimum absolute atomic E-state index is 0.00508. The van der Waals surface area contributed by atoms with Crippen LogP contribution >= 0.6 is 0 Å². The zero-order chi connectivity index (χ0) is 26.7. The Kier molecular flexibility index (Phi) is 11.2. The van der Waals surface area contributed by atoms with Crippen molar-refractivity contribution in [3.8, 4) is 5.75 Å². The molecule has 36 heavy (non-hydrogen) atoms. The highest BCUT2D eigenvalue weighted by molar-refractivity contribution is 7.92. The van der Waals surface area contributed by atoms with Gasteiger partial charge in [0.2, 0.25) is 21.8 Å². The number of para-hydroxylation sites is 1. The fourth-order valence-corrected chi connectivity index (χ4v) is 4.89. The second kappa shape index (κ2) is 13.9. The molecule has 2 rings (SSSR count). The number of nitrogens with zero attached hydrogens (tertiary/aromatic N) is 2. The highest BCUT2D eigenvalue weighted by atomic mass is 32.2. The summed E-state index contributed by atoms with van der Waals surface area (Å²) in [4.78, 5) is 28.2. The van der Waals surface area contributed by atoms with Crippen LogP contribution in [0.15, 0.2) is 54.6 Å². The molecular weight excluding hydrogens is 478 g/mol. The molecule has 2 atom stereocenters. The summed E-state index contributed by atoms with van der Waals surface area (Å²) in [7, 11) is -1.93. The molecule has 0 spiro atoms. The topological polar surface area (TPSA) is 96.0 Å². The predicted octanol–water partition coefficient (Wildman–Crippen LogP) is 3.96. The minimum atomic E-state index is -3.51. The zero-order valence-corrected chi connectivity index (χ0v) is 22.8. The molecule has 0 aromatic heterocycles. The van der Waals surface area contributed by atoms with E-state index in [-0.39, 0.29) is 37.4 Å². The second-order valence-corrected chi connectivity index (χ2v) is 10.8. The number of ether oxygens (including phenoxy) is 1. The van der Waals surface area contributed by atoms with E-state index in [1.54, 1.807) is 36.3 Å². The largest absolute Gasteiger partial charge is 0.497 e. The number of nitrogens with one attached hydrogen (secondary N) is 1. The number of sulfonamides is 1. The van der Waals surface area contributed by atoms with Gasteiger partial charge in [0.25, 0.3) is 0 Å². The molecule has 0 saturated heterocycles. The quantitative estimate of drug-likeness (QED) is 0.409. The highest BCUT2D eigenvalue weighted by Gasteiger charge is 2.29. The van der Waals surface area contributed by atoms with Crippen LogP contribution in [0.1, 0.15) is 52.0 Å². The van der Waals surface area contributed by atoms with Gasteiger partial charge in [0, 0.05) is 25.6 Å². The molecule has 9 heteroatoms. The molecule has 1 N–H and O–H groups in total. The number of rotatable bonds is 14. The molecule has 8 nitrogen and oxygen atoms in total. The van der Waals surface area contributed by atoms with Gasteiger partial charge in [0.1, 0.15) is 11.8 Å². The molecule has 0 fully saturated rings. The molecule has 2 amide bonds. The van der Waals surface area contributed by atoms with E-state index < -0.39 is 16.1 Å². The first-order chi connectivity index (χ1) is 17.1. The van der Waals surface area contributed by atoms with Crippen molar-refractivity contribution >= 4 is 27.5 Å². The number of carbonyl (C=O) groups is 2. The Bertz CT molecular complexity index is 1090. The van der Waals surface area contributed by atoms with Crippen LogP contribution in [0.2, 0.25) is 0 Å². The van der Waals surface area contributed by atoms with Gasteiger partial charge in [0.15, 0.2) is 0 Å². The van der Waals surface area contributed by atoms with E-state index in [9.17, 15) is 18.0 Å². The van der Waals surface area contributed by atoms with Crippen LogP contribution in [0.25, 0.3) is 0 Å². The van der Waals surface area contributed by atoms with Gasteiger partial charge in [-0.25, -0.2) is 8.42 Å². The molecule has 0 aliphatic rings. The summed E-state index contributed by atoms with van der Waals surface area (Å²) in [6.45, 7) is 6.22. The number of methoxy groups -OCH3 is 1. The van der Waals surface area contributed by atoms with Crippen molar-refractivity contribution in [1.29, 1.82) is 0 Å². The van der Waals surface area contributed by atoms with Crippen molar-refractivity contribution in [2.75, 3.05) is 24.2 Å². The maximum absolute atomic E-state index is 13.5. The normalized spacial score (nSPS) is 12.9. The van der Waals surface area contributed by atoms with Crippen LogP contribution in [0, 0.1) is 0 Å². The van der Waals surface area contributed by atoms with Crippen molar-refractivity contribution in [3.05, 3.63) is 60.2 Å². The Hall–Kier alpha value is -3.07. The molecular formula is C27H39N3O5S. The third-order valence-corrected chi connectivity index (χ3v) is 7.26. The Morgan fingerprint density at radius 3 is 2.31 bits per heavy atom. The fraction of sp³-hybridized carbons (Fsp3) is 0.481. The second-order valence-electron chi connectivity index (χ2n) is 8.89. The SMILES string of the molecule is CC[C@H](C)NC(=O)[C@H](CC)N(Cc1cccc(OC)c1)C(=O)CCCN(c1ccccc1)S(C)(=O)=O. The summed E-state index contributed by atoms with van der Waals surface area (Å²) in [6, 6.07) is 15.6. The summed E-state index contributed by atoms with van der Waals surface area (Å²) in [6.07, 6.45) is 2.82. The summed E-state index contributed by atoms with van der Waals surface area (Å²) in [5.74, 6) is 0.277. The average Bonchev–Trinajstić information content (AvgIpc) is 2.86. The van der Waals surface area contributed by atoms with Crippen LogP contribution in [0.4, 0.5) is 5.69 Å². The lowest BCUT2D eigenvalue weighted by Gasteiger charge is -2.32. The first-order valence-corrected chi connectivity index (χ1v) is 14.2. The van der Waals surface area contributed by atoms with Gasteiger partial charge in [0.05, 0.1) is 19.1 Å². The average molecular weight is 518 g/mol. The van der Waals surface area contributed by atoms with Crippen molar-refractivity contribution in [2.45, 2.75) is 65.1 Å². The van der Waals surface area contributed by atoms with Gasteiger partial charge in [-0.3, -0.25) is 13.9 Å². The van der Waals surface area contributed by atoms with Crippen LogP contribution in [-0.4, -0.2) is 57.1 Å². The summed E-state index contributed by atoms with van der Waals surface area (Å²) < 4.78 is 31.4. The number of carbonyl (C=O) groups excluding carboxylic acids is 2. The summed E-state index contributed by atoms with van der Waals surface area (Å²) >= 11 is 0. The van der Waals surface area contributed by atoms with E-state index in [1.165, 1.54) is 4.31 Å². The van der Waals surface area contributed by atoms with E-state index in [0.29, 0.717) is 24.3 Å². The van der Waals surface area contributed by atoms with Crippen molar-refractivity contribution in [3.63, 3.8) is 0 Å². The molecule has 0 radical (unpaired) electrons. The van der Waals surface area contributed by atoms with Gasteiger partial charge < -0.3 is 15.0 Å². The lowest BCUT2D eigenvalue weighted by molar-refractivity contribution is -0.141. The van der Waals surface area contributed by atoms with Crippen LogP contribution in [-0.2, 0) is 26.2 Å². The van der Waals surface area contributed by atoms with E-state index in [1.807, 2.05) is 51.1 Å². The van der Waals surface area contributed by atoms with Crippen molar-refractivity contribution < 1.29 is 22.7 Å². The van der Waals surface area contributed by atoms with Crippen LogP contribution < -0.4 is 14.4 Å². The Morgan fingerprint density at radius 2 is 1.72 bits per heavy atom. The third-order valence-electron chi connectivity index (χ3n) is 6.07. The summed E-state index contributed by atoms with van der Waals surface area (Å²) in [5.41, 5.74) is 1.40. The van der Waals surface area contributed by atoms with E-state index in [2.05, 4.69) is 5.32 Å². The Labute approximate surface area is 215 Å². The highest BCUT2D eigenvalue weighted by Crippen LogP contribution is 2.20. The maximum Gasteiger partial charge on any atom is 0.243 e. The first-order valence-electron chi connectivity index (χ1n) is 12.4. The third kappa shape index (κ3) is 8.55. The molecule has 2 aromatic carbocycles. The number of anilines is 1. The van der Waals surface area contributed by atoms with Gasteiger partial charge in [-0.15, -0.1) is 0 Å². The molecule has 0 heterocycles. The van der Waals surface area contributed by atoms with Crippen molar-refractivity contribution in [2.24, 2.45) is 0 Å². The molecule has 0 saturated carbocycles. The Balaban J connectivity index is 2.23. The first kappa shape index (κ1) is 29.2. The maximum atomic E-state index is 13.5. The molecule has 0 unspecified atom stereocenters. The van der Waals surface area contributed by atoms with Crippen molar-refractivity contribution in [1.82, 2.24) is 10.2 Å². The monoisotopic (exact) mass is 517 g/mol. The van der Waals surface area contributed by atoms with E-state index in [4.69, 9.17) is 4.74 Å². The van der Waals surface area contributed by atoms with E-state index in [0.717, 1.165) is 18.2 Å². The van der Waals surface area contributed by atoms with Crippen LogP contribution in [0.3, 0.4) is 0 Å². The number of hydrogen-bond donors (Lipinski definition) is 1. The molecule has 0 aliphatic carbocycles. The van der Waals surface area contributed by atoms with Gasteiger partial charge in [-0.2, -0.15) is 0 Å². The summed E-state index contributed by atoms with van der Waals surface area (Å²) in [5, 5.41) is 2.99. The van der Waals surface area contributed by atoms with Gasteiger partial charge >= 0.3 is 0 Å². The number of hydrogen-bond acceptors (Lipinski definition) is 5. The lowest BCUT2D eigenvalue weighted by Crippen LogP contribution is -2.50. The van der Waals surface area contributed by atoms with Gasteiger partial charge in [-0.05, 0) is 56.0 Å². The molecule has 0 aliphatic heterocycles. The molecule has 0 bridgehead atoms. The molecule has 198 valence electrons. The van der Waals surface area contributed by atoms with Crippen LogP contribution in [0.5, 0.6) is 5.75 Å². The predicted molar refractivity (Wildman–Crippen MR) is 143 cm³/mol. The fourth-order valence-electron chi connectivity index (χ4n) is 3.93. The smallest absolute Gasteiger partial charge is 0.243 e.